The Hall–Kier alpha value is -1.10. The molecule has 0 aromatic carbocycles. The van der Waals surface area contributed by atoms with Gasteiger partial charge in [-0.3, -0.25) is 0 Å². The number of rotatable bonds is 3. The minimum atomic E-state index is -0.193. The second-order valence-electron chi connectivity index (χ2n) is 5.36. The van der Waals surface area contributed by atoms with Crippen LogP contribution in [-0.2, 0) is 0 Å². The van der Waals surface area contributed by atoms with Crippen LogP contribution in [-0.4, -0.2) is 23.3 Å². The molecular weight excluding hydrogens is 216 g/mol. The van der Waals surface area contributed by atoms with E-state index in [2.05, 4.69) is 28.9 Å². The molecule has 0 bridgehead atoms. The Kier molecular flexibility index (Phi) is 3.38. The van der Waals surface area contributed by atoms with Gasteiger partial charge in [0.25, 0.3) is 0 Å². The van der Waals surface area contributed by atoms with Crippen LogP contribution < -0.4 is 10.6 Å². The van der Waals surface area contributed by atoms with Crippen molar-refractivity contribution in [2.75, 3.05) is 18.0 Å². The summed E-state index contributed by atoms with van der Waals surface area (Å²) in [7, 11) is 0. The predicted octanol–water partition coefficient (Wildman–Crippen LogP) is 2.11. The fraction of sp³-hybridized carbons (Fsp3) is 0.833. The van der Waals surface area contributed by atoms with Crippen LogP contribution in [0.4, 0.5) is 6.01 Å². The largest absolute Gasteiger partial charge is 0.406 e. The standard InChI is InChI=1S/C12H22N4O/c1-4-12(3)5-7-16(8-6-12)11-15-14-10(17-11)9(2)13/h9H,4-8,13H2,1-3H3. The van der Waals surface area contributed by atoms with Crippen molar-refractivity contribution in [2.45, 2.75) is 46.1 Å². The summed E-state index contributed by atoms with van der Waals surface area (Å²) in [6, 6.07) is 0.428. The number of nitrogens with zero attached hydrogens (tertiary/aromatic N) is 3. The van der Waals surface area contributed by atoms with Gasteiger partial charge in [-0.15, -0.1) is 5.10 Å². The van der Waals surface area contributed by atoms with Gasteiger partial charge in [0.15, 0.2) is 0 Å². The number of aromatic nitrogens is 2. The lowest BCUT2D eigenvalue weighted by Gasteiger charge is -2.37. The molecule has 1 aromatic rings. The summed E-state index contributed by atoms with van der Waals surface area (Å²) in [4.78, 5) is 2.16. The molecule has 1 fully saturated rings. The van der Waals surface area contributed by atoms with E-state index in [0.29, 0.717) is 17.3 Å². The predicted molar refractivity (Wildman–Crippen MR) is 66.7 cm³/mol. The molecule has 1 unspecified atom stereocenters. The highest BCUT2D eigenvalue weighted by molar-refractivity contribution is 5.25. The highest BCUT2D eigenvalue weighted by Gasteiger charge is 2.30. The molecule has 17 heavy (non-hydrogen) atoms. The maximum absolute atomic E-state index is 5.71. The van der Waals surface area contributed by atoms with E-state index in [1.54, 1.807) is 0 Å². The molecular formula is C12H22N4O. The summed E-state index contributed by atoms with van der Waals surface area (Å²) >= 11 is 0. The van der Waals surface area contributed by atoms with Crippen molar-refractivity contribution >= 4 is 6.01 Å². The molecule has 2 heterocycles. The van der Waals surface area contributed by atoms with E-state index in [0.717, 1.165) is 13.1 Å². The second kappa shape index (κ2) is 4.64. The average Bonchev–Trinajstić information content (AvgIpc) is 2.79. The topological polar surface area (TPSA) is 68.2 Å². The molecule has 0 radical (unpaired) electrons. The summed E-state index contributed by atoms with van der Waals surface area (Å²) in [6.07, 6.45) is 3.59. The van der Waals surface area contributed by atoms with E-state index in [-0.39, 0.29) is 6.04 Å². The van der Waals surface area contributed by atoms with Gasteiger partial charge in [-0.2, -0.15) is 0 Å². The van der Waals surface area contributed by atoms with Gasteiger partial charge in [0.2, 0.25) is 5.89 Å². The van der Waals surface area contributed by atoms with E-state index in [1.165, 1.54) is 19.3 Å². The van der Waals surface area contributed by atoms with Gasteiger partial charge in [0, 0.05) is 13.1 Å². The minimum absolute atomic E-state index is 0.193. The molecule has 1 aliphatic rings. The Labute approximate surface area is 102 Å². The molecule has 1 aromatic heterocycles. The third kappa shape index (κ3) is 2.60. The van der Waals surface area contributed by atoms with E-state index < -0.39 is 0 Å². The van der Waals surface area contributed by atoms with Crippen molar-refractivity contribution in [1.82, 2.24) is 10.2 Å². The molecule has 0 saturated carbocycles. The number of piperidine rings is 1. The number of nitrogens with two attached hydrogens (primary N) is 1. The summed E-state index contributed by atoms with van der Waals surface area (Å²) in [6.45, 7) is 8.44. The second-order valence-corrected chi connectivity index (χ2v) is 5.36. The van der Waals surface area contributed by atoms with Crippen LogP contribution in [0, 0.1) is 5.41 Å². The van der Waals surface area contributed by atoms with E-state index in [1.807, 2.05) is 6.92 Å². The first-order valence-electron chi connectivity index (χ1n) is 6.38. The molecule has 0 aliphatic carbocycles. The van der Waals surface area contributed by atoms with Crippen molar-refractivity contribution in [2.24, 2.45) is 11.1 Å². The SMILES string of the molecule is CCC1(C)CCN(c2nnc(C(C)N)o2)CC1. The molecule has 5 heteroatoms. The van der Waals surface area contributed by atoms with Crippen LogP contribution in [0.2, 0.25) is 0 Å². The summed E-state index contributed by atoms with van der Waals surface area (Å²) < 4.78 is 5.57. The molecule has 1 saturated heterocycles. The summed E-state index contributed by atoms with van der Waals surface area (Å²) in [5.41, 5.74) is 6.18. The molecule has 96 valence electrons. The van der Waals surface area contributed by atoms with Gasteiger partial charge in [0.05, 0.1) is 6.04 Å². The number of anilines is 1. The monoisotopic (exact) mass is 238 g/mol. The third-order valence-electron chi connectivity index (χ3n) is 3.91. The van der Waals surface area contributed by atoms with Crippen LogP contribution in [0.3, 0.4) is 0 Å². The number of hydrogen-bond donors (Lipinski definition) is 1. The van der Waals surface area contributed by atoms with E-state index >= 15 is 0 Å². The van der Waals surface area contributed by atoms with Crippen LogP contribution in [0.5, 0.6) is 0 Å². The smallest absolute Gasteiger partial charge is 0.318 e. The fourth-order valence-electron chi connectivity index (χ4n) is 2.13. The molecule has 0 spiro atoms. The zero-order valence-electron chi connectivity index (χ0n) is 10.9. The molecule has 2 rings (SSSR count). The molecule has 1 atom stereocenters. The first kappa shape index (κ1) is 12.4. The maximum Gasteiger partial charge on any atom is 0.318 e. The molecule has 0 amide bonds. The first-order valence-corrected chi connectivity index (χ1v) is 6.38. The molecule has 2 N–H and O–H groups in total. The van der Waals surface area contributed by atoms with Crippen LogP contribution in [0.1, 0.15) is 52.0 Å². The first-order chi connectivity index (χ1) is 8.04. The Morgan fingerprint density at radius 3 is 2.53 bits per heavy atom. The highest BCUT2D eigenvalue weighted by Crippen LogP contribution is 2.35. The summed E-state index contributed by atoms with van der Waals surface area (Å²) in [5.74, 6) is 0.517. The van der Waals surface area contributed by atoms with Gasteiger partial charge >= 0.3 is 6.01 Å². The van der Waals surface area contributed by atoms with E-state index in [9.17, 15) is 0 Å². The zero-order chi connectivity index (χ0) is 12.5. The molecule has 5 nitrogen and oxygen atoms in total. The van der Waals surface area contributed by atoms with Crippen molar-refractivity contribution in [1.29, 1.82) is 0 Å². The highest BCUT2D eigenvalue weighted by atomic mass is 16.4. The van der Waals surface area contributed by atoms with Gasteiger partial charge in [0.1, 0.15) is 0 Å². The van der Waals surface area contributed by atoms with E-state index in [4.69, 9.17) is 10.2 Å². The zero-order valence-corrected chi connectivity index (χ0v) is 10.9. The lowest BCUT2D eigenvalue weighted by Crippen LogP contribution is -2.38. The number of hydrogen-bond acceptors (Lipinski definition) is 5. The Morgan fingerprint density at radius 1 is 1.41 bits per heavy atom. The normalized spacial score (nSPS) is 21.5. The molecule has 1 aliphatic heterocycles. The Bertz CT molecular complexity index is 366. The average molecular weight is 238 g/mol. The Balaban J connectivity index is 2.00. The summed E-state index contributed by atoms with van der Waals surface area (Å²) in [5, 5.41) is 8.03. The third-order valence-corrected chi connectivity index (χ3v) is 3.91. The van der Waals surface area contributed by atoms with Crippen LogP contribution in [0.25, 0.3) is 0 Å². The lowest BCUT2D eigenvalue weighted by molar-refractivity contribution is 0.233. The lowest BCUT2D eigenvalue weighted by atomic mass is 9.78. The fourth-order valence-corrected chi connectivity index (χ4v) is 2.13. The maximum atomic E-state index is 5.71. The van der Waals surface area contributed by atoms with Gasteiger partial charge in [-0.25, -0.2) is 0 Å². The van der Waals surface area contributed by atoms with Gasteiger partial charge in [-0.1, -0.05) is 25.4 Å². The van der Waals surface area contributed by atoms with Crippen LogP contribution in [0.15, 0.2) is 4.42 Å². The van der Waals surface area contributed by atoms with Crippen molar-refractivity contribution in [3.05, 3.63) is 5.89 Å². The van der Waals surface area contributed by atoms with Gasteiger partial charge in [-0.05, 0) is 25.2 Å². The van der Waals surface area contributed by atoms with Crippen LogP contribution >= 0.6 is 0 Å². The van der Waals surface area contributed by atoms with Crippen molar-refractivity contribution in [3.8, 4) is 0 Å². The van der Waals surface area contributed by atoms with Gasteiger partial charge < -0.3 is 15.1 Å². The quantitative estimate of drug-likeness (QED) is 0.873. The van der Waals surface area contributed by atoms with Crippen molar-refractivity contribution < 1.29 is 4.42 Å². The Morgan fingerprint density at radius 2 is 2.06 bits per heavy atom. The van der Waals surface area contributed by atoms with Crippen molar-refractivity contribution in [3.63, 3.8) is 0 Å². The minimum Gasteiger partial charge on any atom is -0.406 e.